The Morgan fingerprint density at radius 3 is 2.48 bits per heavy atom. The lowest BCUT2D eigenvalue weighted by Crippen LogP contribution is -2.42. The molecule has 8 nitrogen and oxygen atoms in total. The van der Waals surface area contributed by atoms with Crippen LogP contribution in [0.2, 0.25) is 0 Å². The Morgan fingerprint density at radius 2 is 1.92 bits per heavy atom. The average molecular weight is 349 g/mol. The van der Waals surface area contributed by atoms with Crippen molar-refractivity contribution in [3.05, 3.63) is 52.5 Å². The summed E-state index contributed by atoms with van der Waals surface area (Å²) in [4.78, 5) is 25.3. The summed E-state index contributed by atoms with van der Waals surface area (Å²) >= 11 is 0. The van der Waals surface area contributed by atoms with Crippen LogP contribution in [0.3, 0.4) is 0 Å². The topological polar surface area (TPSA) is 104 Å². The number of halogens is 1. The number of nitro groups is 1. The van der Waals surface area contributed by atoms with Crippen LogP contribution >= 0.6 is 0 Å². The van der Waals surface area contributed by atoms with Gasteiger partial charge in [-0.05, 0) is 48.9 Å². The van der Waals surface area contributed by atoms with Gasteiger partial charge in [-0.2, -0.15) is 0 Å². The maximum absolute atomic E-state index is 13.8. The molecule has 25 heavy (non-hydrogen) atoms. The second-order valence-corrected chi connectivity index (χ2v) is 6.07. The first kappa shape index (κ1) is 18.1. The van der Waals surface area contributed by atoms with Crippen molar-refractivity contribution in [2.24, 2.45) is 0 Å². The van der Waals surface area contributed by atoms with Crippen molar-refractivity contribution in [1.82, 2.24) is 10.3 Å². The Labute approximate surface area is 142 Å². The first-order chi connectivity index (χ1) is 11.6. The number of hydrogen-bond acceptors (Lipinski definition) is 6. The molecule has 0 fully saturated rings. The summed E-state index contributed by atoms with van der Waals surface area (Å²) in [5.74, 6) is -0.986. The molecule has 1 N–H and O–H groups in total. The molecule has 0 radical (unpaired) electrons. The monoisotopic (exact) mass is 349 g/mol. The lowest BCUT2D eigenvalue weighted by Gasteiger charge is -2.20. The van der Waals surface area contributed by atoms with E-state index in [-0.39, 0.29) is 23.1 Å². The van der Waals surface area contributed by atoms with Crippen LogP contribution in [0.25, 0.3) is 0 Å². The molecule has 0 unspecified atom stereocenters. The van der Waals surface area contributed by atoms with Crippen molar-refractivity contribution >= 4 is 11.9 Å². The number of hydrogen-bond donors (Lipinski definition) is 1. The third kappa shape index (κ3) is 5.41. The highest BCUT2D eigenvalue weighted by atomic mass is 19.1. The third-order valence-electron chi connectivity index (χ3n) is 2.73. The minimum absolute atomic E-state index is 0.176. The lowest BCUT2D eigenvalue weighted by atomic mass is 10.1. The van der Waals surface area contributed by atoms with E-state index in [1.54, 1.807) is 20.8 Å². The SMILES string of the molecule is CC(C)(C)NC(=O)Oc1cc(Oc2ccc([N+](=O)[O-])nc2)ccc1F. The molecule has 1 heterocycles. The molecule has 132 valence electrons. The molecule has 1 aromatic carbocycles. The standard InChI is InChI=1S/C16H16FN3O5/c1-16(2,3)19-15(21)25-13-8-10(4-6-12(13)17)24-11-5-7-14(18-9-11)20(22)23/h4-9H,1-3H3,(H,19,21). The van der Waals surface area contributed by atoms with Crippen LogP contribution < -0.4 is 14.8 Å². The van der Waals surface area contributed by atoms with E-state index in [1.165, 1.54) is 24.3 Å². The fourth-order valence-electron chi connectivity index (χ4n) is 1.73. The quantitative estimate of drug-likeness (QED) is 0.665. The van der Waals surface area contributed by atoms with Gasteiger partial charge in [0.15, 0.2) is 23.5 Å². The first-order valence-electron chi connectivity index (χ1n) is 7.22. The lowest BCUT2D eigenvalue weighted by molar-refractivity contribution is -0.389. The molecule has 0 saturated heterocycles. The largest absolute Gasteiger partial charge is 0.453 e. The smallest absolute Gasteiger partial charge is 0.413 e. The summed E-state index contributed by atoms with van der Waals surface area (Å²) in [6, 6.07) is 6.12. The maximum Gasteiger partial charge on any atom is 0.413 e. The molecule has 2 rings (SSSR count). The Morgan fingerprint density at radius 1 is 1.24 bits per heavy atom. The molecule has 1 amide bonds. The van der Waals surface area contributed by atoms with E-state index < -0.39 is 22.4 Å². The minimum Gasteiger partial charge on any atom is -0.453 e. The number of rotatable bonds is 4. The Balaban J connectivity index is 2.12. The van der Waals surface area contributed by atoms with Crippen LogP contribution in [-0.4, -0.2) is 21.5 Å². The van der Waals surface area contributed by atoms with Crippen LogP contribution in [0.1, 0.15) is 20.8 Å². The summed E-state index contributed by atoms with van der Waals surface area (Å²) in [6.07, 6.45) is 0.356. The van der Waals surface area contributed by atoms with Crippen LogP contribution in [-0.2, 0) is 0 Å². The summed E-state index contributed by atoms with van der Waals surface area (Å²) in [6.45, 7) is 5.27. The minimum atomic E-state index is -0.805. The van der Waals surface area contributed by atoms with Gasteiger partial charge in [-0.1, -0.05) is 0 Å². The van der Waals surface area contributed by atoms with E-state index >= 15 is 0 Å². The summed E-state index contributed by atoms with van der Waals surface area (Å²) in [7, 11) is 0. The van der Waals surface area contributed by atoms with Crippen LogP contribution in [0.4, 0.5) is 15.0 Å². The van der Waals surface area contributed by atoms with E-state index in [1.807, 2.05) is 0 Å². The summed E-state index contributed by atoms with van der Waals surface area (Å²) < 4.78 is 24.2. The van der Waals surface area contributed by atoms with Crippen molar-refractivity contribution in [2.45, 2.75) is 26.3 Å². The van der Waals surface area contributed by atoms with Gasteiger partial charge in [0.25, 0.3) is 0 Å². The van der Waals surface area contributed by atoms with Gasteiger partial charge < -0.3 is 24.9 Å². The highest BCUT2D eigenvalue weighted by Crippen LogP contribution is 2.28. The van der Waals surface area contributed by atoms with Crippen molar-refractivity contribution in [3.63, 3.8) is 0 Å². The maximum atomic E-state index is 13.8. The molecule has 0 bridgehead atoms. The number of nitrogens with one attached hydrogen (secondary N) is 1. The van der Waals surface area contributed by atoms with Crippen LogP contribution in [0.5, 0.6) is 17.2 Å². The number of pyridine rings is 1. The molecule has 1 aromatic heterocycles. The second-order valence-electron chi connectivity index (χ2n) is 6.07. The normalized spacial score (nSPS) is 10.9. The fraction of sp³-hybridized carbons (Fsp3) is 0.250. The molecule has 0 atom stereocenters. The molecule has 2 aromatic rings. The molecule has 0 aliphatic rings. The first-order valence-corrected chi connectivity index (χ1v) is 7.22. The zero-order valence-electron chi connectivity index (χ0n) is 13.8. The number of ether oxygens (including phenoxy) is 2. The van der Waals surface area contributed by atoms with Crippen LogP contribution in [0, 0.1) is 15.9 Å². The predicted molar refractivity (Wildman–Crippen MR) is 86.3 cm³/mol. The fourth-order valence-corrected chi connectivity index (χ4v) is 1.73. The van der Waals surface area contributed by atoms with E-state index in [0.29, 0.717) is 0 Å². The molecule has 0 spiro atoms. The Hall–Kier alpha value is -3.23. The zero-order valence-corrected chi connectivity index (χ0v) is 13.8. The van der Waals surface area contributed by atoms with E-state index in [0.717, 1.165) is 12.3 Å². The number of benzene rings is 1. The van der Waals surface area contributed by atoms with Gasteiger partial charge >= 0.3 is 11.9 Å². The van der Waals surface area contributed by atoms with Crippen molar-refractivity contribution in [2.75, 3.05) is 0 Å². The van der Waals surface area contributed by atoms with Gasteiger partial charge in [0.05, 0.1) is 0 Å². The molecular weight excluding hydrogens is 333 g/mol. The second kappa shape index (κ2) is 7.12. The third-order valence-corrected chi connectivity index (χ3v) is 2.73. The van der Waals surface area contributed by atoms with Gasteiger partial charge in [0.1, 0.15) is 5.75 Å². The summed E-state index contributed by atoms with van der Waals surface area (Å²) in [5, 5.41) is 13.1. The molecule has 0 aliphatic heterocycles. The predicted octanol–water partition coefficient (Wildman–Crippen LogP) is 3.81. The van der Waals surface area contributed by atoms with E-state index in [9.17, 15) is 19.3 Å². The zero-order chi connectivity index (χ0) is 18.6. The van der Waals surface area contributed by atoms with E-state index in [2.05, 4.69) is 10.3 Å². The molecule has 0 saturated carbocycles. The van der Waals surface area contributed by atoms with Crippen LogP contribution in [0.15, 0.2) is 36.5 Å². The number of nitrogens with zero attached hydrogens (tertiary/aromatic N) is 2. The molecular formula is C16H16FN3O5. The van der Waals surface area contributed by atoms with Gasteiger partial charge in [-0.25, -0.2) is 9.18 Å². The average Bonchev–Trinajstić information content (AvgIpc) is 2.49. The van der Waals surface area contributed by atoms with Gasteiger partial charge in [-0.15, -0.1) is 0 Å². The number of carbonyl (C=O) groups excluding carboxylic acids is 1. The van der Waals surface area contributed by atoms with Gasteiger partial charge in [-0.3, -0.25) is 0 Å². The Kier molecular flexibility index (Phi) is 5.16. The van der Waals surface area contributed by atoms with Crippen molar-refractivity contribution < 1.29 is 23.6 Å². The van der Waals surface area contributed by atoms with E-state index in [4.69, 9.17) is 9.47 Å². The Bertz CT molecular complexity index is 787. The molecule has 9 heteroatoms. The number of amides is 1. The summed E-state index contributed by atoms with van der Waals surface area (Å²) in [5.41, 5.74) is -0.536. The highest BCUT2D eigenvalue weighted by Gasteiger charge is 2.17. The van der Waals surface area contributed by atoms with Crippen molar-refractivity contribution in [1.29, 1.82) is 0 Å². The van der Waals surface area contributed by atoms with Gasteiger partial charge in [0, 0.05) is 17.7 Å². The van der Waals surface area contributed by atoms with Gasteiger partial charge in [0.2, 0.25) is 0 Å². The highest BCUT2D eigenvalue weighted by molar-refractivity contribution is 5.71. The van der Waals surface area contributed by atoms with Crippen molar-refractivity contribution in [3.8, 4) is 17.2 Å². The molecule has 0 aliphatic carbocycles. The number of carbonyl (C=O) groups is 1. The number of aromatic nitrogens is 1.